The van der Waals surface area contributed by atoms with Gasteiger partial charge in [-0.15, -0.1) is 0 Å². The average molecular weight is 1650 g/mol. The number of anilines is 6. The van der Waals surface area contributed by atoms with Gasteiger partial charge >= 0.3 is 18.3 Å². The minimum Gasteiger partial charge on any atom is -0.444 e. The van der Waals surface area contributed by atoms with Crippen LogP contribution in [0.3, 0.4) is 0 Å². The summed E-state index contributed by atoms with van der Waals surface area (Å²) in [6.45, 7) is 28.7. The Balaban J connectivity index is 0.000000206. The van der Waals surface area contributed by atoms with Crippen LogP contribution in [-0.4, -0.2) is 274 Å². The van der Waals surface area contributed by atoms with E-state index >= 15 is 0 Å². The molecule has 0 unspecified atom stereocenters. The van der Waals surface area contributed by atoms with Crippen LogP contribution in [0.2, 0.25) is 0 Å². The van der Waals surface area contributed by atoms with Crippen LogP contribution in [0.5, 0.6) is 0 Å². The summed E-state index contributed by atoms with van der Waals surface area (Å²) in [6, 6.07) is 21.5. The number of nitrogens with zero attached hydrogens (tertiary/aromatic N) is 6. The largest absolute Gasteiger partial charge is 0.444 e. The first-order valence-corrected chi connectivity index (χ1v) is 41.4. The number of benzene rings is 4. The maximum Gasteiger partial charge on any atom is 0.410 e. The molecule has 0 aromatic heterocycles. The van der Waals surface area contributed by atoms with Crippen molar-refractivity contribution >= 4 is 81.8 Å². The number of carbonyl (C=O) groups is 8. The summed E-state index contributed by atoms with van der Waals surface area (Å²) in [5.74, 6) is -1.86. The van der Waals surface area contributed by atoms with E-state index in [0.717, 1.165) is 152 Å². The predicted molar refractivity (Wildman–Crippen MR) is 464 cm³/mol. The van der Waals surface area contributed by atoms with Gasteiger partial charge in [-0.25, -0.2) is 23.2 Å². The van der Waals surface area contributed by atoms with Crippen LogP contribution in [0.15, 0.2) is 72.8 Å². The number of hydrogen-bond acceptors (Lipinski definition) is 22. The lowest BCUT2D eigenvalue weighted by atomic mass is 9.65. The first kappa shape index (κ1) is 95.8. The van der Waals surface area contributed by atoms with Gasteiger partial charge in [-0.1, -0.05) is 0 Å². The van der Waals surface area contributed by atoms with Crippen LogP contribution < -0.4 is 64.6 Å². The van der Waals surface area contributed by atoms with Gasteiger partial charge in [-0.05, 0) is 264 Å². The molecule has 4 spiro atoms. The highest BCUT2D eigenvalue weighted by Gasteiger charge is 2.53. The molecule has 4 aromatic rings. The van der Waals surface area contributed by atoms with E-state index in [2.05, 4.69) is 73.9 Å². The monoisotopic (exact) mass is 1650 g/mol. The van der Waals surface area contributed by atoms with Gasteiger partial charge in [0.1, 0.15) is 34.2 Å². The number of carbonyl (C=O) groups excluding carboxylic acids is 8. The zero-order valence-electron chi connectivity index (χ0n) is 73.6. The maximum absolute atomic E-state index is 14.1. The molecule has 4 saturated carbocycles. The van der Waals surface area contributed by atoms with E-state index in [1.165, 1.54) is 57.6 Å². The maximum atomic E-state index is 14.1. The lowest BCUT2D eigenvalue weighted by Gasteiger charge is -2.45. The third kappa shape index (κ3) is 29.0. The van der Waals surface area contributed by atoms with Crippen molar-refractivity contribution in [1.29, 1.82) is 0 Å². The Morgan fingerprint density at radius 2 is 0.797 bits per heavy atom. The van der Waals surface area contributed by atoms with Crippen molar-refractivity contribution in [3.63, 3.8) is 0 Å². The predicted octanol–water partition coefficient (Wildman–Crippen LogP) is 10.4. The molecule has 14 N–H and O–H groups in total. The van der Waals surface area contributed by atoms with Crippen LogP contribution in [0.4, 0.5) is 57.3 Å². The number of halogens is 2. The highest BCUT2D eigenvalue weighted by atomic mass is 19.1. The normalized spacial score (nSPS) is 21.7. The molecule has 4 aliphatic heterocycles. The number of likely N-dealkylation sites (N-methyl/N-ethyl adjacent to an activating group) is 3. The molecule has 4 saturated heterocycles. The fourth-order valence-corrected chi connectivity index (χ4v) is 16.2. The molecule has 4 aromatic carbocycles. The Hall–Kier alpha value is -9.30. The molecule has 7 amide bonds. The van der Waals surface area contributed by atoms with E-state index in [9.17, 15) is 47.1 Å². The summed E-state index contributed by atoms with van der Waals surface area (Å²) < 4.78 is 43.3. The van der Waals surface area contributed by atoms with Crippen molar-refractivity contribution in [3.05, 3.63) is 107 Å². The molecule has 8 fully saturated rings. The number of nitrogens with one attached hydrogen (secondary N) is 10. The molecular weight excluding hydrogens is 1510 g/mol. The van der Waals surface area contributed by atoms with Crippen LogP contribution in [0.1, 0.15) is 181 Å². The zero-order chi connectivity index (χ0) is 87.3. The highest BCUT2D eigenvalue weighted by Crippen LogP contribution is 2.52. The second kappa shape index (κ2) is 42.1. The molecule has 29 nitrogen and oxygen atoms in total. The molecule has 118 heavy (non-hydrogen) atoms. The average Bonchev–Trinajstić information content (AvgIpc) is 1.61. The zero-order valence-corrected chi connectivity index (χ0v) is 73.6. The van der Waals surface area contributed by atoms with Crippen LogP contribution in [0, 0.1) is 33.3 Å². The van der Waals surface area contributed by atoms with Crippen LogP contribution >= 0.6 is 0 Å². The Kier molecular flexibility index (Phi) is 34.2. The Labute approximate surface area is 698 Å². The van der Waals surface area contributed by atoms with Crippen molar-refractivity contribution in [2.75, 3.05) is 194 Å². The lowest BCUT2D eigenvalue weighted by molar-refractivity contribution is -0.132. The van der Waals surface area contributed by atoms with Crippen molar-refractivity contribution in [3.8, 4) is 0 Å². The number of ether oxygens (including phenoxy) is 3. The Morgan fingerprint density at radius 3 is 1.11 bits per heavy atom. The van der Waals surface area contributed by atoms with Gasteiger partial charge in [0.15, 0.2) is 0 Å². The van der Waals surface area contributed by atoms with Gasteiger partial charge in [-0.2, -0.15) is 0 Å². The number of likely N-dealkylation sites (tertiary alicyclic amines) is 3. The molecule has 0 radical (unpaired) electrons. The van der Waals surface area contributed by atoms with Crippen molar-refractivity contribution in [1.82, 2.24) is 56.0 Å². The minimum atomic E-state index is -0.602. The highest BCUT2D eigenvalue weighted by molar-refractivity contribution is 6.01. The van der Waals surface area contributed by atoms with E-state index in [1.54, 1.807) is 30.0 Å². The SMILES string of the molecule is CC(C)(C)OC(=O)N1CCC2(CC(=O)C2)C1.CN(C)CCN.CNC(=O)c1ccc(N)cc1F.CNC(=O)c1ccc(NC2CC3(CCN(C(=O)OC(C)(C)C)C3)C2)cc1F.CNC(=O)c1ccc(NC2CC3(CCN(C(=O)OC(C)(C)C)C3)C2)cc1NCCN(C)C.CNC(=O)c1ccc(NC2CC3(CCNC3)C2)cc1NCCN(C)C. The summed E-state index contributed by atoms with van der Waals surface area (Å²) in [6.07, 6.45) is 11.2. The van der Waals surface area contributed by atoms with E-state index in [1.807, 2.05) is 140 Å². The minimum absolute atomic E-state index is 0.00620. The molecule has 4 aliphatic carbocycles. The Morgan fingerprint density at radius 1 is 0.466 bits per heavy atom. The molecule has 656 valence electrons. The van der Waals surface area contributed by atoms with Gasteiger partial charge in [0.2, 0.25) is 0 Å². The van der Waals surface area contributed by atoms with Gasteiger partial charge in [-0.3, -0.25) is 24.0 Å². The van der Waals surface area contributed by atoms with Gasteiger partial charge in [0, 0.05) is 184 Å². The molecular formula is C87H138F2N18O11. The topological polar surface area (TPSA) is 356 Å². The molecule has 8 aliphatic rings. The van der Waals surface area contributed by atoms with Gasteiger partial charge < -0.3 is 108 Å². The number of rotatable bonds is 20. The molecule has 12 rings (SSSR count). The van der Waals surface area contributed by atoms with Crippen LogP contribution in [0.25, 0.3) is 0 Å². The number of amides is 7. The number of ketones is 1. The Bertz CT molecular complexity index is 4030. The smallest absolute Gasteiger partial charge is 0.410 e. The van der Waals surface area contributed by atoms with E-state index < -0.39 is 40.3 Å². The standard InChI is InChI=1S/C24H39N5O3.C20H28FN3O3.C19H31N5O.C12H19NO3.C8H9FN2O.C4H12N2/c1-23(2,3)32-22(31)29-11-9-24(16-29)14-18(15-24)27-17-7-8-19(21(30)25-4)20(13-17)26-10-12-28(5)6;1-19(2,3)27-18(26)24-8-7-20(12-24)10-14(11-20)23-13-5-6-15(16(21)9-13)17(25)22-4;1-20-18(25)16-5-4-14(10-17(16)22-8-9-24(2)3)23-15-11-19(12-15)6-7-21-13-19;1-11(2,3)16-10(15)13-5-4-12(8-13)6-9(14)7-12;1-11-8(12)6-3-2-5(10)4-7(6)9;1-6(2)4-3-5/h7-8,13,18,26-27H,9-12,14-16H2,1-6H3,(H,25,30);5-6,9,14,23H,7-8,10-12H2,1-4H3,(H,22,25);4-5,10,15,21-23H,6-9,11-13H2,1-3H3,(H,20,25);4-8H2,1-3H3;2-4H,10H2,1H3,(H,11,12);3-5H2,1-2H3. The summed E-state index contributed by atoms with van der Waals surface area (Å²) in [5, 5.41) is 31.0. The molecule has 31 heteroatoms. The van der Waals surface area contributed by atoms with E-state index in [4.69, 9.17) is 25.7 Å². The van der Waals surface area contributed by atoms with Crippen molar-refractivity contribution in [2.24, 2.45) is 27.4 Å². The number of nitrogen functional groups attached to an aromatic ring is 1. The summed E-state index contributed by atoms with van der Waals surface area (Å²) in [5.41, 5.74) is 16.2. The number of nitrogens with two attached hydrogens (primary N) is 2. The molecule has 4 heterocycles. The fourth-order valence-electron chi connectivity index (χ4n) is 16.2. The third-order valence-corrected chi connectivity index (χ3v) is 22.1. The van der Waals surface area contributed by atoms with Gasteiger partial charge in [0.25, 0.3) is 23.6 Å². The number of hydrogen-bond donors (Lipinski definition) is 12. The quantitative estimate of drug-likeness (QED) is 0.0289. The summed E-state index contributed by atoms with van der Waals surface area (Å²) >= 11 is 0. The lowest BCUT2D eigenvalue weighted by Crippen LogP contribution is -2.47. The molecule has 0 bridgehead atoms. The van der Waals surface area contributed by atoms with E-state index in [-0.39, 0.29) is 63.5 Å². The van der Waals surface area contributed by atoms with Crippen molar-refractivity contribution in [2.45, 2.75) is 174 Å². The van der Waals surface area contributed by atoms with Crippen molar-refractivity contribution < 1.29 is 61.3 Å². The summed E-state index contributed by atoms with van der Waals surface area (Å²) in [4.78, 5) is 106. The van der Waals surface area contributed by atoms with Crippen LogP contribution in [-0.2, 0) is 19.0 Å². The fraction of sp³-hybridized carbons (Fsp3) is 0.632. The summed E-state index contributed by atoms with van der Waals surface area (Å²) in [7, 11) is 18.4. The molecule has 0 atom stereocenters. The number of Topliss-reactive ketones (excluding diaryl/α,β-unsaturated/α-hetero) is 1. The third-order valence-electron chi connectivity index (χ3n) is 22.1. The second-order valence-corrected chi connectivity index (χ2v) is 36.8. The first-order valence-electron chi connectivity index (χ1n) is 41.4. The van der Waals surface area contributed by atoms with E-state index in [0.29, 0.717) is 71.7 Å². The van der Waals surface area contributed by atoms with Gasteiger partial charge in [0.05, 0.1) is 22.3 Å². The first-order chi connectivity index (χ1) is 55.3. The second-order valence-electron chi connectivity index (χ2n) is 36.8.